The standard InChI is InChI=1S/C17H24ClN3O2/c1-5-20(10-13-9-19-21(6-2)11-13)12-14-7-8-15(22-3)17(23-4)16(14)18/h7-9,11H,5-6,10,12H2,1-4H3. The Morgan fingerprint density at radius 1 is 1.17 bits per heavy atom. The zero-order valence-electron chi connectivity index (χ0n) is 14.2. The maximum atomic E-state index is 6.48. The van der Waals surface area contributed by atoms with E-state index in [1.807, 2.05) is 23.0 Å². The van der Waals surface area contributed by atoms with Gasteiger partial charge in [0.25, 0.3) is 0 Å². The third-order valence-corrected chi connectivity index (χ3v) is 4.24. The summed E-state index contributed by atoms with van der Waals surface area (Å²) in [7, 11) is 3.21. The highest BCUT2D eigenvalue weighted by Gasteiger charge is 2.15. The number of ether oxygens (including phenoxy) is 2. The molecule has 126 valence electrons. The van der Waals surface area contributed by atoms with Crippen LogP contribution in [0.3, 0.4) is 0 Å². The normalized spacial score (nSPS) is 11.0. The summed E-state index contributed by atoms with van der Waals surface area (Å²) in [5.74, 6) is 1.23. The molecule has 2 rings (SSSR count). The van der Waals surface area contributed by atoms with E-state index in [2.05, 4.69) is 30.0 Å². The molecule has 23 heavy (non-hydrogen) atoms. The van der Waals surface area contributed by atoms with Gasteiger partial charge in [-0.25, -0.2) is 0 Å². The van der Waals surface area contributed by atoms with Crippen molar-refractivity contribution in [2.75, 3.05) is 20.8 Å². The minimum atomic E-state index is 0.585. The van der Waals surface area contributed by atoms with Gasteiger partial charge in [0.1, 0.15) is 0 Å². The lowest BCUT2D eigenvalue weighted by Crippen LogP contribution is -2.22. The first kappa shape index (κ1) is 17.6. The van der Waals surface area contributed by atoms with Crippen molar-refractivity contribution in [1.29, 1.82) is 0 Å². The topological polar surface area (TPSA) is 39.5 Å². The fourth-order valence-electron chi connectivity index (χ4n) is 2.49. The van der Waals surface area contributed by atoms with Crippen LogP contribution in [0, 0.1) is 0 Å². The number of benzene rings is 1. The Kier molecular flexibility index (Phi) is 6.30. The fourth-order valence-corrected chi connectivity index (χ4v) is 2.78. The lowest BCUT2D eigenvalue weighted by atomic mass is 10.1. The van der Waals surface area contributed by atoms with Gasteiger partial charge in [0, 0.05) is 31.4 Å². The third-order valence-electron chi connectivity index (χ3n) is 3.82. The van der Waals surface area contributed by atoms with Gasteiger partial charge in [0.2, 0.25) is 0 Å². The van der Waals surface area contributed by atoms with Crippen molar-refractivity contribution in [3.63, 3.8) is 0 Å². The molecule has 0 fully saturated rings. The largest absolute Gasteiger partial charge is 0.493 e. The molecule has 0 N–H and O–H groups in total. The first-order chi connectivity index (χ1) is 11.1. The van der Waals surface area contributed by atoms with Gasteiger partial charge < -0.3 is 9.47 Å². The molecule has 0 radical (unpaired) electrons. The zero-order chi connectivity index (χ0) is 16.8. The maximum absolute atomic E-state index is 6.48. The SMILES string of the molecule is CCN(Cc1cnn(CC)c1)Cc1ccc(OC)c(OC)c1Cl. The van der Waals surface area contributed by atoms with E-state index in [4.69, 9.17) is 21.1 Å². The van der Waals surface area contributed by atoms with Crippen molar-refractivity contribution in [2.24, 2.45) is 0 Å². The van der Waals surface area contributed by atoms with Crippen LogP contribution in [0.25, 0.3) is 0 Å². The van der Waals surface area contributed by atoms with E-state index in [1.54, 1.807) is 14.2 Å². The molecule has 5 nitrogen and oxygen atoms in total. The Balaban J connectivity index is 2.15. The predicted molar refractivity (Wildman–Crippen MR) is 92.2 cm³/mol. The third kappa shape index (κ3) is 4.18. The van der Waals surface area contributed by atoms with Crippen LogP contribution in [-0.2, 0) is 19.6 Å². The number of methoxy groups -OCH3 is 2. The molecule has 0 amide bonds. The average molecular weight is 338 g/mol. The number of aromatic nitrogens is 2. The van der Waals surface area contributed by atoms with Gasteiger partial charge in [-0.05, 0) is 25.1 Å². The summed E-state index contributed by atoms with van der Waals surface area (Å²) < 4.78 is 12.6. The van der Waals surface area contributed by atoms with Crippen LogP contribution < -0.4 is 9.47 Å². The lowest BCUT2D eigenvalue weighted by molar-refractivity contribution is 0.270. The molecule has 0 spiro atoms. The van der Waals surface area contributed by atoms with Gasteiger partial charge >= 0.3 is 0 Å². The monoisotopic (exact) mass is 337 g/mol. The van der Waals surface area contributed by atoms with Gasteiger partial charge in [-0.2, -0.15) is 5.10 Å². The summed E-state index contributed by atoms with van der Waals surface area (Å²) in [6.07, 6.45) is 4.00. The summed E-state index contributed by atoms with van der Waals surface area (Å²) in [4.78, 5) is 2.31. The smallest absolute Gasteiger partial charge is 0.179 e. The molecule has 1 aromatic heterocycles. The molecule has 0 unspecified atom stereocenters. The molecule has 1 heterocycles. The van der Waals surface area contributed by atoms with E-state index in [1.165, 1.54) is 5.56 Å². The van der Waals surface area contributed by atoms with Crippen molar-refractivity contribution in [3.8, 4) is 11.5 Å². The first-order valence-electron chi connectivity index (χ1n) is 7.75. The number of aryl methyl sites for hydroxylation is 1. The molecule has 0 saturated heterocycles. The summed E-state index contributed by atoms with van der Waals surface area (Å²) in [5, 5.41) is 4.93. The van der Waals surface area contributed by atoms with E-state index in [9.17, 15) is 0 Å². The van der Waals surface area contributed by atoms with Crippen LogP contribution in [0.4, 0.5) is 0 Å². The lowest BCUT2D eigenvalue weighted by Gasteiger charge is -2.21. The Morgan fingerprint density at radius 2 is 1.96 bits per heavy atom. The average Bonchev–Trinajstić information content (AvgIpc) is 3.03. The molecule has 1 aromatic carbocycles. The summed E-state index contributed by atoms with van der Waals surface area (Å²) >= 11 is 6.48. The second-order valence-corrected chi connectivity index (χ2v) is 5.66. The number of hydrogen-bond acceptors (Lipinski definition) is 4. The Labute approximate surface area is 142 Å². The number of nitrogens with zero attached hydrogens (tertiary/aromatic N) is 3. The van der Waals surface area contributed by atoms with Gasteiger partial charge in [0.05, 0.1) is 25.4 Å². The summed E-state index contributed by atoms with van der Waals surface area (Å²) in [5.41, 5.74) is 2.22. The van der Waals surface area contributed by atoms with Gasteiger partial charge in [-0.3, -0.25) is 9.58 Å². The second-order valence-electron chi connectivity index (χ2n) is 5.28. The van der Waals surface area contributed by atoms with Gasteiger partial charge in [-0.15, -0.1) is 0 Å². The van der Waals surface area contributed by atoms with Gasteiger partial charge in [0.15, 0.2) is 11.5 Å². The molecule has 0 atom stereocenters. The second kappa shape index (κ2) is 8.22. The Bertz CT molecular complexity index is 643. The van der Waals surface area contributed by atoms with E-state index in [0.717, 1.165) is 31.7 Å². The van der Waals surface area contributed by atoms with Crippen molar-refractivity contribution < 1.29 is 9.47 Å². The van der Waals surface area contributed by atoms with Crippen LogP contribution in [0.1, 0.15) is 25.0 Å². The maximum Gasteiger partial charge on any atom is 0.179 e. The minimum Gasteiger partial charge on any atom is -0.493 e. The van der Waals surface area contributed by atoms with E-state index in [-0.39, 0.29) is 0 Å². The molecule has 2 aromatic rings. The molecule has 0 bridgehead atoms. The molecular formula is C17H24ClN3O2. The molecule has 0 aliphatic carbocycles. The van der Waals surface area contributed by atoms with Crippen LogP contribution in [0.5, 0.6) is 11.5 Å². The number of halogens is 1. The summed E-state index contributed by atoms with van der Waals surface area (Å²) in [6, 6.07) is 3.88. The van der Waals surface area contributed by atoms with Crippen molar-refractivity contribution in [1.82, 2.24) is 14.7 Å². The highest BCUT2D eigenvalue weighted by atomic mass is 35.5. The zero-order valence-corrected chi connectivity index (χ0v) is 14.9. The Hall–Kier alpha value is -1.72. The van der Waals surface area contributed by atoms with Crippen LogP contribution in [0.2, 0.25) is 5.02 Å². The summed E-state index contributed by atoms with van der Waals surface area (Å²) in [6.45, 7) is 7.60. The van der Waals surface area contributed by atoms with E-state index < -0.39 is 0 Å². The highest BCUT2D eigenvalue weighted by molar-refractivity contribution is 6.33. The first-order valence-corrected chi connectivity index (χ1v) is 8.13. The van der Waals surface area contributed by atoms with E-state index >= 15 is 0 Å². The highest BCUT2D eigenvalue weighted by Crippen LogP contribution is 2.37. The molecule has 6 heteroatoms. The molecule has 0 saturated carbocycles. The van der Waals surface area contributed by atoms with E-state index in [0.29, 0.717) is 16.5 Å². The Morgan fingerprint density at radius 3 is 2.52 bits per heavy atom. The van der Waals surface area contributed by atoms with Crippen molar-refractivity contribution in [2.45, 2.75) is 33.5 Å². The predicted octanol–water partition coefficient (Wildman–Crippen LogP) is 3.60. The number of hydrogen-bond donors (Lipinski definition) is 0. The van der Waals surface area contributed by atoms with Crippen molar-refractivity contribution in [3.05, 3.63) is 40.7 Å². The quantitative estimate of drug-likeness (QED) is 0.738. The van der Waals surface area contributed by atoms with Crippen LogP contribution >= 0.6 is 11.6 Å². The van der Waals surface area contributed by atoms with Gasteiger partial charge in [-0.1, -0.05) is 24.6 Å². The molecule has 0 aliphatic rings. The fraction of sp³-hybridized carbons (Fsp3) is 0.471. The minimum absolute atomic E-state index is 0.585. The number of rotatable bonds is 8. The van der Waals surface area contributed by atoms with Crippen LogP contribution in [-0.4, -0.2) is 35.4 Å². The molecular weight excluding hydrogens is 314 g/mol. The molecule has 0 aliphatic heterocycles. The van der Waals surface area contributed by atoms with Crippen molar-refractivity contribution >= 4 is 11.6 Å². The van der Waals surface area contributed by atoms with Crippen LogP contribution in [0.15, 0.2) is 24.5 Å².